The normalized spacial score (nSPS) is 12.6. The fourth-order valence-electron chi connectivity index (χ4n) is 1.44. The molecule has 0 bridgehead atoms. The van der Waals surface area contributed by atoms with Crippen LogP contribution in [0.1, 0.15) is 17.3 Å². The number of hydrogen-bond donors (Lipinski definition) is 2. The van der Waals surface area contributed by atoms with Gasteiger partial charge in [0.15, 0.2) is 0 Å². The SMILES string of the molecule is CNC(C)CNC(=O)c1ccc(S(=O)(=O)N(C)C)cc1.Cl. The molecule has 0 spiro atoms. The third kappa shape index (κ3) is 5.28. The molecule has 1 atom stereocenters. The van der Waals surface area contributed by atoms with Gasteiger partial charge in [-0.1, -0.05) is 0 Å². The molecule has 0 saturated heterocycles. The van der Waals surface area contributed by atoms with Crippen molar-refractivity contribution < 1.29 is 13.2 Å². The third-order valence-electron chi connectivity index (χ3n) is 2.96. The van der Waals surface area contributed by atoms with E-state index in [1.54, 1.807) is 0 Å². The molecule has 1 rings (SSSR count). The molecular weight excluding hydrogens is 314 g/mol. The average Bonchev–Trinajstić information content (AvgIpc) is 2.44. The largest absolute Gasteiger partial charge is 0.350 e. The van der Waals surface area contributed by atoms with Crippen molar-refractivity contribution in [1.82, 2.24) is 14.9 Å². The second-order valence-electron chi connectivity index (χ2n) is 4.71. The number of carbonyl (C=O) groups excluding carboxylic acids is 1. The predicted molar refractivity (Wildman–Crippen MR) is 85.4 cm³/mol. The van der Waals surface area contributed by atoms with Gasteiger partial charge in [-0.3, -0.25) is 4.79 Å². The molecule has 0 fully saturated rings. The van der Waals surface area contributed by atoms with E-state index in [9.17, 15) is 13.2 Å². The first-order valence-corrected chi connectivity index (χ1v) is 7.71. The third-order valence-corrected chi connectivity index (χ3v) is 4.79. The molecule has 21 heavy (non-hydrogen) atoms. The highest BCUT2D eigenvalue weighted by Crippen LogP contribution is 2.13. The second kappa shape index (κ2) is 8.33. The summed E-state index contributed by atoms with van der Waals surface area (Å²) in [5.41, 5.74) is 0.436. The van der Waals surface area contributed by atoms with E-state index in [4.69, 9.17) is 0 Å². The van der Waals surface area contributed by atoms with Crippen molar-refractivity contribution in [3.05, 3.63) is 29.8 Å². The number of carbonyl (C=O) groups is 1. The van der Waals surface area contributed by atoms with Gasteiger partial charge >= 0.3 is 0 Å². The molecule has 0 heterocycles. The number of nitrogens with one attached hydrogen (secondary N) is 2. The topological polar surface area (TPSA) is 78.5 Å². The van der Waals surface area contributed by atoms with Crippen molar-refractivity contribution in [3.8, 4) is 0 Å². The highest BCUT2D eigenvalue weighted by molar-refractivity contribution is 7.89. The molecule has 0 aliphatic rings. The summed E-state index contributed by atoms with van der Waals surface area (Å²) in [7, 11) is 1.29. The number of rotatable bonds is 6. The quantitative estimate of drug-likeness (QED) is 0.802. The van der Waals surface area contributed by atoms with Crippen LogP contribution in [-0.2, 0) is 10.0 Å². The predicted octanol–water partition coefficient (Wildman–Crippen LogP) is 0.696. The molecular formula is C13H22ClN3O3S. The molecule has 120 valence electrons. The first-order valence-electron chi connectivity index (χ1n) is 6.27. The molecule has 0 aliphatic heterocycles. The van der Waals surface area contributed by atoms with Crippen molar-refractivity contribution >= 4 is 28.3 Å². The van der Waals surface area contributed by atoms with Gasteiger partial charge in [0.25, 0.3) is 5.91 Å². The van der Waals surface area contributed by atoms with Crippen LogP contribution < -0.4 is 10.6 Å². The number of sulfonamides is 1. The van der Waals surface area contributed by atoms with E-state index in [1.165, 1.54) is 38.4 Å². The summed E-state index contributed by atoms with van der Waals surface area (Å²) in [5, 5.41) is 5.78. The molecule has 1 aromatic rings. The summed E-state index contributed by atoms with van der Waals surface area (Å²) in [5.74, 6) is -0.221. The molecule has 1 unspecified atom stereocenters. The Balaban J connectivity index is 0.00000400. The van der Waals surface area contributed by atoms with Crippen molar-refractivity contribution in [2.45, 2.75) is 17.9 Å². The number of benzene rings is 1. The van der Waals surface area contributed by atoms with Gasteiger partial charge in [-0.2, -0.15) is 0 Å². The average molecular weight is 336 g/mol. The molecule has 1 aromatic carbocycles. The van der Waals surface area contributed by atoms with E-state index in [1.807, 2.05) is 14.0 Å². The maximum atomic E-state index is 11.9. The van der Waals surface area contributed by atoms with Crippen LogP contribution in [0.2, 0.25) is 0 Å². The standard InChI is InChI=1S/C13H21N3O3S.ClH/c1-10(14-2)9-15-13(17)11-5-7-12(8-6-11)20(18,19)16(3)4;/h5-8,10,14H,9H2,1-4H3,(H,15,17);1H. The lowest BCUT2D eigenvalue weighted by Gasteiger charge is -2.13. The van der Waals surface area contributed by atoms with E-state index in [0.717, 1.165) is 4.31 Å². The Labute approximate surface area is 132 Å². The first-order chi connectivity index (χ1) is 9.28. The Morgan fingerprint density at radius 2 is 1.76 bits per heavy atom. The van der Waals surface area contributed by atoms with Gasteiger partial charge in [-0.05, 0) is 38.2 Å². The second-order valence-corrected chi connectivity index (χ2v) is 6.86. The van der Waals surface area contributed by atoms with Crippen molar-refractivity contribution in [2.24, 2.45) is 0 Å². The highest BCUT2D eigenvalue weighted by Gasteiger charge is 2.17. The fraction of sp³-hybridized carbons (Fsp3) is 0.462. The van der Waals surface area contributed by atoms with E-state index in [0.29, 0.717) is 12.1 Å². The highest BCUT2D eigenvalue weighted by atomic mass is 35.5. The summed E-state index contributed by atoms with van der Waals surface area (Å²) in [4.78, 5) is 12.0. The summed E-state index contributed by atoms with van der Waals surface area (Å²) in [6.45, 7) is 2.46. The van der Waals surface area contributed by atoms with Crippen LogP contribution in [0, 0.1) is 0 Å². The van der Waals surface area contributed by atoms with Crippen LogP contribution in [0.4, 0.5) is 0 Å². The number of amides is 1. The number of hydrogen-bond acceptors (Lipinski definition) is 4. The van der Waals surface area contributed by atoms with Gasteiger partial charge in [0.1, 0.15) is 0 Å². The van der Waals surface area contributed by atoms with Crippen molar-refractivity contribution in [3.63, 3.8) is 0 Å². The summed E-state index contributed by atoms with van der Waals surface area (Å²) < 4.78 is 24.9. The van der Waals surface area contributed by atoms with Gasteiger partial charge < -0.3 is 10.6 Å². The Kier molecular flexibility index (Phi) is 7.87. The molecule has 1 amide bonds. The minimum atomic E-state index is -3.46. The summed E-state index contributed by atoms with van der Waals surface area (Å²) in [6, 6.07) is 6.07. The van der Waals surface area contributed by atoms with E-state index < -0.39 is 10.0 Å². The zero-order chi connectivity index (χ0) is 15.3. The summed E-state index contributed by atoms with van der Waals surface area (Å²) >= 11 is 0. The van der Waals surface area contributed by atoms with Gasteiger partial charge in [0.05, 0.1) is 4.90 Å². The van der Waals surface area contributed by atoms with Crippen LogP contribution in [0.3, 0.4) is 0 Å². The van der Waals surface area contributed by atoms with Crippen LogP contribution in [-0.4, -0.2) is 52.4 Å². The molecule has 0 aliphatic carbocycles. The fourth-order valence-corrected chi connectivity index (χ4v) is 2.34. The maximum Gasteiger partial charge on any atom is 0.251 e. The van der Waals surface area contributed by atoms with Crippen LogP contribution in [0.5, 0.6) is 0 Å². The molecule has 6 nitrogen and oxygen atoms in total. The first kappa shape index (κ1) is 19.9. The van der Waals surface area contributed by atoms with E-state index in [-0.39, 0.29) is 29.3 Å². The lowest BCUT2D eigenvalue weighted by atomic mass is 10.2. The molecule has 0 saturated carbocycles. The minimum absolute atomic E-state index is 0. The molecule has 8 heteroatoms. The molecule has 0 radical (unpaired) electrons. The monoisotopic (exact) mass is 335 g/mol. The Bertz CT molecular complexity index is 559. The minimum Gasteiger partial charge on any atom is -0.350 e. The van der Waals surface area contributed by atoms with Gasteiger partial charge in [-0.25, -0.2) is 12.7 Å². The number of nitrogens with zero attached hydrogens (tertiary/aromatic N) is 1. The zero-order valence-corrected chi connectivity index (χ0v) is 14.2. The Hall–Kier alpha value is -1.15. The lowest BCUT2D eigenvalue weighted by Crippen LogP contribution is -2.37. The smallest absolute Gasteiger partial charge is 0.251 e. The van der Waals surface area contributed by atoms with Gasteiger partial charge in [-0.15, -0.1) is 12.4 Å². The maximum absolute atomic E-state index is 11.9. The molecule has 2 N–H and O–H groups in total. The Morgan fingerprint density at radius 3 is 2.19 bits per heavy atom. The lowest BCUT2D eigenvalue weighted by molar-refractivity contribution is 0.0950. The van der Waals surface area contributed by atoms with Crippen LogP contribution in [0.25, 0.3) is 0 Å². The number of likely N-dealkylation sites (N-methyl/N-ethyl adjacent to an activating group) is 1. The van der Waals surface area contributed by atoms with Crippen molar-refractivity contribution in [2.75, 3.05) is 27.7 Å². The van der Waals surface area contributed by atoms with Crippen LogP contribution in [0.15, 0.2) is 29.2 Å². The van der Waals surface area contributed by atoms with Crippen molar-refractivity contribution in [1.29, 1.82) is 0 Å². The summed E-state index contributed by atoms with van der Waals surface area (Å²) in [6.07, 6.45) is 0. The zero-order valence-electron chi connectivity index (χ0n) is 12.6. The number of halogens is 1. The van der Waals surface area contributed by atoms with E-state index in [2.05, 4.69) is 10.6 Å². The Morgan fingerprint density at radius 1 is 1.24 bits per heavy atom. The van der Waals surface area contributed by atoms with Crippen LogP contribution >= 0.6 is 12.4 Å². The van der Waals surface area contributed by atoms with E-state index >= 15 is 0 Å². The van der Waals surface area contributed by atoms with Gasteiger partial charge in [0, 0.05) is 32.2 Å². The molecule has 0 aromatic heterocycles. The van der Waals surface area contributed by atoms with Gasteiger partial charge in [0.2, 0.25) is 10.0 Å².